The zero-order valence-corrected chi connectivity index (χ0v) is 18.9. The van der Waals surface area contributed by atoms with Gasteiger partial charge in [0.2, 0.25) is 5.88 Å². The topological polar surface area (TPSA) is 64.1 Å². The Bertz CT molecular complexity index is 925. The van der Waals surface area contributed by atoms with Crippen molar-refractivity contribution < 1.29 is 22.7 Å². The SMILES string of the molecule is Cc1cncc(C(CC2CCC2)C(C)NC(=O)C(C)(C)Oc2ccc(C(F)(F)F)cn2)c1. The largest absolute Gasteiger partial charge is 0.462 e. The van der Waals surface area contributed by atoms with Crippen molar-refractivity contribution in [3.05, 3.63) is 53.5 Å². The minimum atomic E-state index is -4.48. The first-order valence-corrected chi connectivity index (χ1v) is 10.9. The fraction of sp³-hybridized carbons (Fsp3) is 0.542. The number of amides is 1. The number of hydrogen-bond acceptors (Lipinski definition) is 4. The lowest BCUT2D eigenvalue weighted by atomic mass is 9.75. The van der Waals surface area contributed by atoms with E-state index in [2.05, 4.69) is 21.4 Å². The molecule has 2 heterocycles. The Morgan fingerprint density at radius 2 is 1.94 bits per heavy atom. The van der Waals surface area contributed by atoms with Gasteiger partial charge in [0.1, 0.15) is 0 Å². The molecule has 1 amide bonds. The summed E-state index contributed by atoms with van der Waals surface area (Å²) in [6, 6.07) is 3.94. The van der Waals surface area contributed by atoms with Crippen LogP contribution in [0.25, 0.3) is 0 Å². The van der Waals surface area contributed by atoms with Gasteiger partial charge in [0.05, 0.1) is 5.56 Å². The van der Waals surface area contributed by atoms with Gasteiger partial charge in [0, 0.05) is 36.6 Å². The van der Waals surface area contributed by atoms with E-state index in [1.165, 1.54) is 19.3 Å². The minimum Gasteiger partial charge on any atom is -0.462 e. The van der Waals surface area contributed by atoms with Gasteiger partial charge in [-0.05, 0) is 57.2 Å². The van der Waals surface area contributed by atoms with E-state index in [1.54, 1.807) is 20.0 Å². The fourth-order valence-electron chi connectivity index (χ4n) is 3.89. The molecule has 0 saturated heterocycles. The van der Waals surface area contributed by atoms with Gasteiger partial charge in [-0.15, -0.1) is 0 Å². The van der Waals surface area contributed by atoms with Crippen LogP contribution in [0.1, 0.15) is 69.1 Å². The highest BCUT2D eigenvalue weighted by molar-refractivity contribution is 5.85. The van der Waals surface area contributed by atoms with Crippen LogP contribution in [0.5, 0.6) is 5.88 Å². The standard InChI is InChI=1S/C24H30F3N3O2/c1-15-10-18(13-28-12-15)20(11-17-6-5-7-17)16(2)30-22(31)23(3,4)32-21-9-8-19(14-29-21)24(25,26)27/h8-10,12-14,16-17,20H,5-7,11H2,1-4H3,(H,30,31). The third-order valence-corrected chi connectivity index (χ3v) is 6.07. The number of aromatic nitrogens is 2. The van der Waals surface area contributed by atoms with Crippen LogP contribution in [0.2, 0.25) is 0 Å². The highest BCUT2D eigenvalue weighted by Crippen LogP contribution is 2.37. The Balaban J connectivity index is 1.69. The molecule has 8 heteroatoms. The number of aryl methyl sites for hydroxylation is 1. The molecule has 1 saturated carbocycles. The second kappa shape index (κ2) is 9.46. The second-order valence-electron chi connectivity index (χ2n) is 9.19. The molecule has 1 fully saturated rings. The Morgan fingerprint density at radius 3 is 2.47 bits per heavy atom. The molecule has 0 aliphatic heterocycles. The lowest BCUT2D eigenvalue weighted by molar-refractivity contribution is -0.138. The maximum atomic E-state index is 13.0. The quantitative estimate of drug-likeness (QED) is 0.583. The first kappa shape index (κ1) is 24.0. The molecular formula is C24H30F3N3O2. The van der Waals surface area contributed by atoms with Crippen LogP contribution < -0.4 is 10.1 Å². The zero-order valence-electron chi connectivity index (χ0n) is 18.9. The van der Waals surface area contributed by atoms with Crippen LogP contribution in [-0.2, 0) is 11.0 Å². The number of carbonyl (C=O) groups is 1. The monoisotopic (exact) mass is 449 g/mol. The van der Waals surface area contributed by atoms with Crippen molar-refractivity contribution in [3.63, 3.8) is 0 Å². The number of rotatable bonds is 8. The van der Waals surface area contributed by atoms with Gasteiger partial charge in [-0.3, -0.25) is 9.78 Å². The van der Waals surface area contributed by atoms with Crippen LogP contribution in [0, 0.1) is 12.8 Å². The van der Waals surface area contributed by atoms with Gasteiger partial charge in [-0.1, -0.05) is 25.3 Å². The number of alkyl halides is 3. The summed E-state index contributed by atoms with van der Waals surface area (Å²) in [5.41, 5.74) is -0.0248. The van der Waals surface area contributed by atoms with Gasteiger partial charge >= 0.3 is 6.18 Å². The molecule has 0 spiro atoms. The van der Waals surface area contributed by atoms with E-state index in [0.29, 0.717) is 12.1 Å². The van der Waals surface area contributed by atoms with Gasteiger partial charge in [-0.25, -0.2) is 4.98 Å². The average molecular weight is 450 g/mol. The Morgan fingerprint density at radius 1 is 1.22 bits per heavy atom. The maximum absolute atomic E-state index is 13.0. The summed E-state index contributed by atoms with van der Waals surface area (Å²) in [5, 5.41) is 3.05. The van der Waals surface area contributed by atoms with Gasteiger partial charge in [0.15, 0.2) is 5.60 Å². The average Bonchev–Trinajstić information content (AvgIpc) is 2.66. The molecule has 174 valence electrons. The van der Waals surface area contributed by atoms with Crippen molar-refractivity contribution in [1.82, 2.24) is 15.3 Å². The number of nitrogens with zero attached hydrogens (tertiary/aromatic N) is 2. The predicted octanol–water partition coefficient (Wildman–Crippen LogP) is 5.44. The Kier molecular flexibility index (Phi) is 7.10. The number of nitrogens with one attached hydrogen (secondary N) is 1. The van der Waals surface area contributed by atoms with Gasteiger partial charge < -0.3 is 10.1 Å². The van der Waals surface area contributed by atoms with E-state index in [-0.39, 0.29) is 23.7 Å². The van der Waals surface area contributed by atoms with E-state index >= 15 is 0 Å². The van der Waals surface area contributed by atoms with Crippen molar-refractivity contribution in [1.29, 1.82) is 0 Å². The number of halogens is 3. The van der Waals surface area contributed by atoms with Crippen molar-refractivity contribution in [2.24, 2.45) is 5.92 Å². The molecule has 1 aliphatic rings. The van der Waals surface area contributed by atoms with Gasteiger partial charge in [-0.2, -0.15) is 13.2 Å². The van der Waals surface area contributed by atoms with E-state index in [1.807, 2.05) is 20.0 Å². The minimum absolute atomic E-state index is 0.0419. The molecule has 2 atom stereocenters. The van der Waals surface area contributed by atoms with Crippen molar-refractivity contribution in [2.75, 3.05) is 0 Å². The van der Waals surface area contributed by atoms with Crippen molar-refractivity contribution in [3.8, 4) is 5.88 Å². The summed E-state index contributed by atoms with van der Waals surface area (Å²) in [5.74, 6) is 0.350. The zero-order chi connectivity index (χ0) is 23.5. The summed E-state index contributed by atoms with van der Waals surface area (Å²) in [4.78, 5) is 21.1. The van der Waals surface area contributed by atoms with Crippen LogP contribution in [-0.4, -0.2) is 27.5 Å². The number of pyridine rings is 2. The molecule has 5 nitrogen and oxygen atoms in total. The first-order chi connectivity index (χ1) is 15.0. The highest BCUT2D eigenvalue weighted by atomic mass is 19.4. The Labute approximate surface area is 186 Å². The molecule has 1 aliphatic carbocycles. The highest BCUT2D eigenvalue weighted by Gasteiger charge is 2.35. The summed E-state index contributed by atoms with van der Waals surface area (Å²) in [6.07, 6.45) is 4.49. The van der Waals surface area contributed by atoms with E-state index in [9.17, 15) is 18.0 Å². The molecule has 2 aromatic heterocycles. The second-order valence-corrected chi connectivity index (χ2v) is 9.19. The fourth-order valence-corrected chi connectivity index (χ4v) is 3.89. The normalized spacial score (nSPS) is 16.7. The number of hydrogen-bond donors (Lipinski definition) is 1. The summed E-state index contributed by atoms with van der Waals surface area (Å²) < 4.78 is 43.9. The molecular weight excluding hydrogens is 419 g/mol. The van der Waals surface area contributed by atoms with Crippen LogP contribution >= 0.6 is 0 Å². The van der Waals surface area contributed by atoms with E-state index in [4.69, 9.17) is 4.74 Å². The number of ether oxygens (including phenoxy) is 1. The molecule has 0 radical (unpaired) electrons. The predicted molar refractivity (Wildman–Crippen MR) is 115 cm³/mol. The van der Waals surface area contributed by atoms with E-state index < -0.39 is 17.3 Å². The molecule has 0 aromatic carbocycles. The van der Waals surface area contributed by atoms with E-state index in [0.717, 1.165) is 29.7 Å². The Hall–Kier alpha value is -2.64. The lowest BCUT2D eigenvalue weighted by Gasteiger charge is -2.34. The van der Waals surface area contributed by atoms with Gasteiger partial charge in [0.25, 0.3) is 5.91 Å². The lowest BCUT2D eigenvalue weighted by Crippen LogP contribution is -2.51. The molecule has 32 heavy (non-hydrogen) atoms. The molecule has 3 rings (SSSR count). The van der Waals surface area contributed by atoms with Crippen LogP contribution in [0.15, 0.2) is 36.8 Å². The first-order valence-electron chi connectivity index (χ1n) is 10.9. The number of carbonyl (C=O) groups excluding carboxylic acids is 1. The summed E-state index contributed by atoms with van der Waals surface area (Å²) >= 11 is 0. The van der Waals surface area contributed by atoms with Crippen molar-refractivity contribution in [2.45, 2.75) is 77.1 Å². The molecule has 2 aromatic rings. The maximum Gasteiger partial charge on any atom is 0.417 e. The third-order valence-electron chi connectivity index (χ3n) is 6.07. The smallest absolute Gasteiger partial charge is 0.417 e. The third kappa shape index (κ3) is 5.99. The molecule has 0 bridgehead atoms. The van der Waals surface area contributed by atoms with Crippen LogP contribution in [0.3, 0.4) is 0 Å². The van der Waals surface area contributed by atoms with Crippen molar-refractivity contribution >= 4 is 5.91 Å². The summed E-state index contributed by atoms with van der Waals surface area (Å²) in [6.45, 7) is 7.11. The van der Waals surface area contributed by atoms with Crippen LogP contribution in [0.4, 0.5) is 13.2 Å². The summed E-state index contributed by atoms with van der Waals surface area (Å²) in [7, 11) is 0. The molecule has 2 unspecified atom stereocenters. The molecule has 1 N–H and O–H groups in total.